The number of nitrogens with zero attached hydrogens (tertiary/aromatic N) is 5. The molecule has 2 heterocycles. The molecule has 4 amide bonds. The Bertz CT molecular complexity index is 3350. The molecule has 4 rings (SSSR count). The summed E-state index contributed by atoms with van der Waals surface area (Å²) in [7, 11) is -5.36. The predicted molar refractivity (Wildman–Crippen MR) is 346 cm³/mol. The molecule has 0 aliphatic rings. The average molecular weight is 1400 g/mol. The number of nitrogens with one attached hydrogen (secondary N) is 7. The van der Waals surface area contributed by atoms with E-state index in [0.717, 1.165) is 15.4 Å². The van der Waals surface area contributed by atoms with Crippen molar-refractivity contribution in [3.8, 4) is 5.75 Å². The van der Waals surface area contributed by atoms with Gasteiger partial charge in [0.25, 0.3) is 5.91 Å². The van der Waals surface area contributed by atoms with Gasteiger partial charge in [0.1, 0.15) is 23.4 Å². The summed E-state index contributed by atoms with van der Waals surface area (Å²) in [5, 5.41) is 59.7. The fourth-order valence-electron chi connectivity index (χ4n) is 9.19. The van der Waals surface area contributed by atoms with E-state index in [9.17, 15) is 85.3 Å². The lowest BCUT2D eigenvalue weighted by Crippen LogP contribution is -2.53. The number of carbonyl (C=O) groups is 9. The van der Waals surface area contributed by atoms with E-state index in [1.165, 1.54) is 23.2 Å². The lowest BCUT2D eigenvalue weighted by Gasteiger charge is -2.29. The van der Waals surface area contributed by atoms with E-state index in [1.807, 2.05) is 6.92 Å². The van der Waals surface area contributed by atoms with Crippen LogP contribution >= 0.6 is 10.9 Å². The molecule has 38 heteroatoms. The molecule has 536 valence electrons. The van der Waals surface area contributed by atoms with Gasteiger partial charge < -0.3 is 94.3 Å². The van der Waals surface area contributed by atoms with E-state index >= 15 is 0 Å². The van der Waals surface area contributed by atoms with Crippen LogP contribution in [0.25, 0.3) is 10.9 Å². The molecule has 2 atom stereocenters. The number of rotatable bonds is 47. The number of anilines is 1. The number of carbonyl (C=O) groups excluding carboxylic acids is 4. The fraction of sp³-hybridized carbons (Fsp3) is 0.534. The van der Waals surface area contributed by atoms with Crippen molar-refractivity contribution >= 4 is 91.2 Å². The van der Waals surface area contributed by atoms with Crippen molar-refractivity contribution < 1.29 is 110 Å². The summed E-state index contributed by atoms with van der Waals surface area (Å²) >= 11 is 0. The molecule has 0 spiro atoms. The maximum atomic E-state index is 13.4. The highest BCUT2D eigenvalue weighted by Gasteiger charge is 2.31. The zero-order chi connectivity index (χ0) is 71.5. The summed E-state index contributed by atoms with van der Waals surface area (Å²) < 4.78 is 80.2. The number of ether oxygens (including phenoxy) is 4. The Hall–Kier alpha value is -8.41. The topological polar surface area (TPSA) is 519 Å². The molecule has 0 saturated heterocycles. The number of hydrogen-bond donors (Lipinski definition) is 15. The SMILES string of the molecule is CCOCCOCCCNC(=O)[C@@H](CS(O)(O)O)NC(=O)CN(CCN(CCN(CC(=O)O)CC(=O)O)CC(=O)O)CC(=O)O.COCCCNC(=O)CCCOc1cc(C)c(S(=O)(=O)N[C@@H](CNC(=O)c2cn(C)c3cc(CNc4ncc[nH]4)ccc3c2=O)C(=O)O)c(C)c1. The second-order valence-electron chi connectivity index (χ2n) is 21.5. The molecule has 0 radical (unpaired) electrons. The largest absolute Gasteiger partial charge is 0.494 e. The first kappa shape index (κ1) is 81.8. The number of amides is 4. The molecule has 2 aromatic heterocycles. The molecule has 0 unspecified atom stereocenters. The molecular formula is C58H88N12O24S2. The standard InChI is InChI=1S/C34H43N7O9S.C24H45N5O15S/c1-21-15-24(50-14-5-7-29(42)35-10-6-13-49-4)16-22(2)31(21)51(47,48)40-27(33(45)46)19-38-32(44)26-20-41(3)28-17-23(8-9-25(28)30(26)43)18-39-34-36-11-12-37-34;1-2-43-10-11-44-9-3-4-25-24(39)18(17-45(40,41)42)26-19(30)12-28(14-21(33)34)7-5-27(13-20(31)32)6-8-29(15-22(35)36)16-23(37)38/h8-9,11-12,15-17,20,27,40H,5-7,10,13-14,18-19H2,1-4H3,(H,35,42)(H,38,44)(H,45,46)(H2,36,37,39);18,40-42H,2-17H2,1H3,(H,25,39)(H,26,30)(H,31,32)(H,33,34)(H,35,36)(H,37,38)/t27-;18-/m01/s1. The van der Waals surface area contributed by atoms with Crippen LogP contribution in [-0.4, -0.2) is 273 Å². The number of hydrogen-bond acceptors (Lipinski definition) is 24. The van der Waals surface area contributed by atoms with Gasteiger partial charge in [0, 0.05) is 117 Å². The summed E-state index contributed by atoms with van der Waals surface area (Å²) in [5.41, 5.74) is 1.26. The number of H-pyrrole nitrogens is 1. The van der Waals surface area contributed by atoms with Crippen molar-refractivity contribution in [1.29, 1.82) is 0 Å². The molecule has 0 aliphatic heterocycles. The third-order valence-electron chi connectivity index (χ3n) is 13.5. The van der Waals surface area contributed by atoms with Gasteiger partial charge in [0.15, 0.2) is 5.95 Å². The van der Waals surface area contributed by atoms with E-state index in [4.69, 9.17) is 29.2 Å². The summed E-state index contributed by atoms with van der Waals surface area (Å²) in [6.45, 7) is 4.01. The van der Waals surface area contributed by atoms with E-state index in [-0.39, 0.29) is 74.1 Å². The Morgan fingerprint density at radius 1 is 0.698 bits per heavy atom. The second-order valence-corrected chi connectivity index (χ2v) is 24.8. The Balaban J connectivity index is 0.000000505. The third kappa shape index (κ3) is 31.9. The highest BCUT2D eigenvalue weighted by atomic mass is 32.3. The molecule has 15 N–H and O–H groups in total. The van der Waals surface area contributed by atoms with Crippen LogP contribution in [0.4, 0.5) is 5.95 Å². The Labute approximate surface area is 554 Å². The number of imidazole rings is 1. The average Bonchev–Trinajstić information content (AvgIpc) is 0.902. The van der Waals surface area contributed by atoms with Crippen molar-refractivity contribution in [3.63, 3.8) is 0 Å². The van der Waals surface area contributed by atoms with Gasteiger partial charge in [0.05, 0.1) is 79.6 Å². The second kappa shape index (κ2) is 42.2. The van der Waals surface area contributed by atoms with E-state index in [2.05, 4.69) is 41.3 Å². The van der Waals surface area contributed by atoms with Crippen molar-refractivity contribution in [2.75, 3.05) is 136 Å². The van der Waals surface area contributed by atoms with E-state index in [1.54, 1.807) is 63.2 Å². The van der Waals surface area contributed by atoms with Gasteiger partial charge >= 0.3 is 29.8 Å². The normalized spacial score (nSPS) is 12.3. The van der Waals surface area contributed by atoms with Gasteiger partial charge in [-0.1, -0.05) is 6.07 Å². The summed E-state index contributed by atoms with van der Waals surface area (Å²) in [6, 6.07) is 4.83. The van der Waals surface area contributed by atoms with Crippen LogP contribution in [0.15, 0.2) is 58.6 Å². The van der Waals surface area contributed by atoms with Gasteiger partial charge in [-0.25, -0.2) is 13.4 Å². The number of aryl methyl sites for hydroxylation is 3. The van der Waals surface area contributed by atoms with Crippen molar-refractivity contribution in [3.05, 3.63) is 81.4 Å². The number of carboxylic acids is 5. The molecule has 0 fully saturated rings. The first-order valence-electron chi connectivity index (χ1n) is 30.0. The van der Waals surface area contributed by atoms with Gasteiger partial charge in [0.2, 0.25) is 33.2 Å². The lowest BCUT2D eigenvalue weighted by atomic mass is 10.1. The maximum absolute atomic E-state index is 13.4. The summed E-state index contributed by atoms with van der Waals surface area (Å²) in [4.78, 5) is 131. The van der Waals surface area contributed by atoms with E-state index in [0.29, 0.717) is 87.1 Å². The van der Waals surface area contributed by atoms with Crippen molar-refractivity contribution in [1.82, 2.24) is 55.2 Å². The third-order valence-corrected chi connectivity index (χ3v) is 16.1. The highest BCUT2D eigenvalue weighted by Crippen LogP contribution is 2.33. The molecule has 4 aromatic rings. The Morgan fingerprint density at radius 3 is 1.85 bits per heavy atom. The van der Waals surface area contributed by atoms with Crippen molar-refractivity contribution in [2.45, 2.75) is 70.0 Å². The Kier molecular flexibility index (Phi) is 36.0. The van der Waals surface area contributed by atoms with Crippen LogP contribution in [0.1, 0.15) is 59.7 Å². The number of methoxy groups -OCH3 is 1. The number of carboxylic acid groups (broad SMARTS) is 5. The number of pyridine rings is 1. The van der Waals surface area contributed by atoms with Crippen LogP contribution in [0.3, 0.4) is 0 Å². The summed E-state index contributed by atoms with van der Waals surface area (Å²) in [6.07, 6.45) is 6.44. The molecule has 36 nitrogen and oxygen atoms in total. The van der Waals surface area contributed by atoms with E-state index < -0.39 is 131 Å². The first-order chi connectivity index (χ1) is 45.3. The Morgan fingerprint density at radius 2 is 1.28 bits per heavy atom. The molecule has 0 bridgehead atoms. The van der Waals surface area contributed by atoms with Crippen LogP contribution < -0.4 is 41.5 Å². The quantitative estimate of drug-likeness (QED) is 0.0247. The first-order valence-corrected chi connectivity index (χ1v) is 33.1. The maximum Gasteiger partial charge on any atom is 0.323 e. The predicted octanol–water partition coefficient (Wildman–Crippen LogP) is -0.538. The number of fused-ring (bicyclic) bond motifs is 1. The molecular weight excluding hydrogens is 1310 g/mol. The lowest BCUT2D eigenvalue weighted by molar-refractivity contribution is -0.143. The minimum Gasteiger partial charge on any atom is -0.494 e. The zero-order valence-electron chi connectivity index (χ0n) is 53.9. The van der Waals surface area contributed by atoms with Crippen molar-refractivity contribution in [2.24, 2.45) is 7.05 Å². The molecule has 96 heavy (non-hydrogen) atoms. The minimum absolute atomic E-state index is 0.0887. The van der Waals surface area contributed by atoms with Gasteiger partial charge in [-0.3, -0.25) is 62.6 Å². The van der Waals surface area contributed by atoms with Crippen LogP contribution in [0.2, 0.25) is 0 Å². The van der Waals surface area contributed by atoms with Gasteiger partial charge in [-0.2, -0.15) is 4.72 Å². The molecule has 0 saturated carbocycles. The molecule has 2 aromatic carbocycles. The van der Waals surface area contributed by atoms with Crippen LogP contribution in [0, 0.1) is 13.8 Å². The van der Waals surface area contributed by atoms with Crippen LogP contribution in [-0.2, 0) is 76.2 Å². The van der Waals surface area contributed by atoms with Gasteiger partial charge in [-0.15, -0.1) is 0 Å². The number of benzene rings is 2. The monoisotopic (exact) mass is 1400 g/mol. The smallest absolute Gasteiger partial charge is 0.323 e. The minimum atomic E-state index is -4.39. The molecule has 0 aliphatic carbocycles. The zero-order valence-corrected chi connectivity index (χ0v) is 55.5. The number of sulfonamides is 1. The van der Waals surface area contributed by atoms with Gasteiger partial charge in [-0.05, 0) is 81.0 Å². The highest BCUT2D eigenvalue weighted by molar-refractivity contribution is 8.19. The summed E-state index contributed by atoms with van der Waals surface area (Å²) in [5.74, 6) is -9.42. The number of aliphatic carboxylic acids is 5. The van der Waals surface area contributed by atoms with Crippen LogP contribution in [0.5, 0.6) is 5.75 Å². The number of aromatic nitrogens is 3. The fourth-order valence-corrected chi connectivity index (χ4v) is 11.5. The number of aromatic amines is 1.